The van der Waals surface area contributed by atoms with Crippen LogP contribution in [0.25, 0.3) is 0 Å². The Morgan fingerprint density at radius 2 is 1.89 bits per heavy atom. The first-order valence-electron chi connectivity index (χ1n) is 8.93. The largest absolute Gasteiger partial charge is 0.411 e. The number of rotatable bonds is 14. The molecule has 0 aliphatic carbocycles. The molecular formula is C16H32N2O7S2Si. The molecule has 0 fully saturated rings. The molecule has 1 atom stereocenters. The summed E-state index contributed by atoms with van der Waals surface area (Å²) in [6.45, 7) is 9.20. The van der Waals surface area contributed by atoms with Gasteiger partial charge in [0.15, 0.2) is 0 Å². The average molecular weight is 457 g/mol. The zero-order chi connectivity index (χ0) is 22.0. The SMILES string of the molecule is C=C(C)C(=O)N(CCC[Si](C)(O)O)CCNC(=O)C(C)CSCCS(=O)(=O)O. The second-order valence-corrected chi connectivity index (χ2v) is 12.6. The van der Waals surface area contributed by atoms with E-state index in [1.807, 2.05) is 0 Å². The lowest BCUT2D eigenvalue weighted by molar-refractivity contribution is -0.128. The Labute approximate surface area is 172 Å². The van der Waals surface area contributed by atoms with Gasteiger partial charge in [-0.15, -0.1) is 0 Å². The molecule has 28 heavy (non-hydrogen) atoms. The fourth-order valence-electron chi connectivity index (χ4n) is 2.18. The Kier molecular flexibility index (Phi) is 12.2. The molecule has 4 N–H and O–H groups in total. The molecule has 0 saturated heterocycles. The van der Waals surface area contributed by atoms with E-state index in [0.29, 0.717) is 24.3 Å². The van der Waals surface area contributed by atoms with E-state index in [2.05, 4.69) is 11.9 Å². The summed E-state index contributed by atoms with van der Waals surface area (Å²) in [6, 6.07) is 0.247. The van der Waals surface area contributed by atoms with Gasteiger partial charge in [0.2, 0.25) is 11.8 Å². The number of carbonyl (C=O) groups is 2. The van der Waals surface area contributed by atoms with Gasteiger partial charge in [-0.25, -0.2) is 0 Å². The molecule has 1 unspecified atom stereocenters. The van der Waals surface area contributed by atoms with Crippen molar-refractivity contribution < 1.29 is 32.2 Å². The lowest BCUT2D eigenvalue weighted by Gasteiger charge is -2.24. The van der Waals surface area contributed by atoms with E-state index < -0.39 is 18.7 Å². The van der Waals surface area contributed by atoms with E-state index in [1.165, 1.54) is 23.2 Å². The van der Waals surface area contributed by atoms with Crippen LogP contribution in [-0.2, 0) is 19.7 Å². The van der Waals surface area contributed by atoms with Gasteiger partial charge < -0.3 is 19.8 Å². The van der Waals surface area contributed by atoms with Crippen LogP contribution >= 0.6 is 11.8 Å². The number of hydrogen-bond donors (Lipinski definition) is 4. The predicted molar refractivity (Wildman–Crippen MR) is 113 cm³/mol. The highest BCUT2D eigenvalue weighted by Crippen LogP contribution is 2.10. The van der Waals surface area contributed by atoms with Crippen LogP contribution in [0.5, 0.6) is 0 Å². The monoisotopic (exact) mass is 456 g/mol. The Bertz CT molecular complexity index is 635. The first kappa shape index (κ1) is 27.1. The lowest BCUT2D eigenvalue weighted by atomic mass is 10.2. The molecule has 0 aromatic carbocycles. The molecule has 0 aromatic rings. The predicted octanol–water partition coefficient (Wildman–Crippen LogP) is 0.211. The van der Waals surface area contributed by atoms with Gasteiger partial charge in [-0.05, 0) is 25.9 Å². The first-order chi connectivity index (χ1) is 12.7. The van der Waals surface area contributed by atoms with Gasteiger partial charge in [0.05, 0.1) is 5.75 Å². The van der Waals surface area contributed by atoms with Gasteiger partial charge >= 0.3 is 8.56 Å². The van der Waals surface area contributed by atoms with Crippen LogP contribution in [0.4, 0.5) is 0 Å². The molecule has 0 aliphatic rings. The van der Waals surface area contributed by atoms with Gasteiger partial charge in [0, 0.05) is 42.6 Å². The van der Waals surface area contributed by atoms with Crippen molar-refractivity contribution in [3.63, 3.8) is 0 Å². The number of nitrogens with zero attached hydrogens (tertiary/aromatic N) is 1. The van der Waals surface area contributed by atoms with Crippen molar-refractivity contribution in [1.29, 1.82) is 0 Å². The Morgan fingerprint density at radius 1 is 1.29 bits per heavy atom. The third-order valence-electron chi connectivity index (χ3n) is 3.71. The zero-order valence-electron chi connectivity index (χ0n) is 16.7. The summed E-state index contributed by atoms with van der Waals surface area (Å²) in [4.78, 5) is 44.8. The molecule has 0 aromatic heterocycles. The van der Waals surface area contributed by atoms with Crippen molar-refractivity contribution in [2.75, 3.05) is 36.9 Å². The van der Waals surface area contributed by atoms with Crippen LogP contribution in [0, 0.1) is 5.92 Å². The van der Waals surface area contributed by atoms with Gasteiger partial charge in [0.1, 0.15) is 0 Å². The van der Waals surface area contributed by atoms with Crippen molar-refractivity contribution in [1.82, 2.24) is 10.2 Å². The molecule has 0 aliphatic heterocycles. The molecule has 0 bridgehead atoms. The molecule has 0 radical (unpaired) electrons. The van der Waals surface area contributed by atoms with Crippen LogP contribution < -0.4 is 5.32 Å². The summed E-state index contributed by atoms with van der Waals surface area (Å²) >= 11 is 1.26. The number of thioether (sulfide) groups is 1. The van der Waals surface area contributed by atoms with Gasteiger partial charge in [-0.3, -0.25) is 14.1 Å². The fraction of sp³-hybridized carbons (Fsp3) is 0.750. The van der Waals surface area contributed by atoms with Crippen LogP contribution in [0.15, 0.2) is 12.2 Å². The van der Waals surface area contributed by atoms with Gasteiger partial charge in [0.25, 0.3) is 10.1 Å². The summed E-state index contributed by atoms with van der Waals surface area (Å²) in [5.74, 6) is -0.559. The summed E-state index contributed by atoms with van der Waals surface area (Å²) in [5, 5.41) is 2.74. The number of amides is 2. The molecular weight excluding hydrogens is 424 g/mol. The van der Waals surface area contributed by atoms with E-state index in [-0.39, 0.29) is 48.4 Å². The Hall–Kier alpha value is -0.923. The summed E-state index contributed by atoms with van der Waals surface area (Å²) < 4.78 is 30.0. The van der Waals surface area contributed by atoms with E-state index >= 15 is 0 Å². The standard InChI is InChI=1S/C16H32N2O7S2Si/c1-13(2)16(20)18(7-5-11-28(4,24)25)8-6-17-15(19)14(3)12-26-9-10-27(21,22)23/h14,24-25H,1,5-12H2,2-4H3,(H,17,19)(H,21,22,23). The quantitative estimate of drug-likeness (QED) is 0.126. The maximum Gasteiger partial charge on any atom is 0.329 e. The minimum Gasteiger partial charge on any atom is -0.411 e. The molecule has 9 nitrogen and oxygen atoms in total. The van der Waals surface area contributed by atoms with Crippen LogP contribution in [0.3, 0.4) is 0 Å². The van der Waals surface area contributed by atoms with E-state index in [0.717, 1.165) is 0 Å². The molecule has 0 heterocycles. The van der Waals surface area contributed by atoms with Gasteiger partial charge in [-0.1, -0.05) is 13.5 Å². The number of nitrogens with one attached hydrogen (secondary N) is 1. The second-order valence-electron chi connectivity index (χ2n) is 6.95. The smallest absolute Gasteiger partial charge is 0.329 e. The van der Waals surface area contributed by atoms with E-state index in [9.17, 15) is 27.6 Å². The average Bonchev–Trinajstić information content (AvgIpc) is 2.54. The topological polar surface area (TPSA) is 144 Å². The molecule has 2 amide bonds. The molecule has 164 valence electrons. The second kappa shape index (κ2) is 12.6. The number of carbonyl (C=O) groups excluding carboxylic acids is 2. The van der Waals surface area contributed by atoms with Gasteiger partial charge in [-0.2, -0.15) is 20.2 Å². The number of hydrogen-bond acceptors (Lipinski definition) is 7. The van der Waals surface area contributed by atoms with Crippen LogP contribution in [0.1, 0.15) is 20.3 Å². The summed E-state index contributed by atoms with van der Waals surface area (Å²) in [5.41, 5.74) is 0.364. The normalized spacial score (nSPS) is 13.1. The highest BCUT2D eigenvalue weighted by Gasteiger charge is 2.22. The van der Waals surface area contributed by atoms with Crippen molar-refractivity contribution in [3.05, 3.63) is 12.2 Å². The third-order valence-corrected chi connectivity index (χ3v) is 7.22. The lowest BCUT2D eigenvalue weighted by Crippen LogP contribution is -2.41. The Morgan fingerprint density at radius 3 is 2.39 bits per heavy atom. The van der Waals surface area contributed by atoms with Crippen molar-refractivity contribution in [2.24, 2.45) is 5.92 Å². The molecule has 0 spiro atoms. The summed E-state index contributed by atoms with van der Waals surface area (Å²) in [6.07, 6.45) is 0.448. The highest BCUT2D eigenvalue weighted by atomic mass is 32.2. The van der Waals surface area contributed by atoms with E-state index in [1.54, 1.807) is 13.8 Å². The van der Waals surface area contributed by atoms with Crippen LogP contribution in [0.2, 0.25) is 12.6 Å². The summed E-state index contributed by atoms with van der Waals surface area (Å²) in [7, 11) is -7.16. The van der Waals surface area contributed by atoms with Crippen molar-refractivity contribution in [2.45, 2.75) is 32.9 Å². The minimum absolute atomic E-state index is 0.204. The fourth-order valence-corrected chi connectivity index (χ4v) is 4.99. The van der Waals surface area contributed by atoms with Crippen molar-refractivity contribution in [3.8, 4) is 0 Å². The Balaban J connectivity index is 4.36. The van der Waals surface area contributed by atoms with Crippen molar-refractivity contribution >= 4 is 42.3 Å². The zero-order valence-corrected chi connectivity index (χ0v) is 19.3. The van der Waals surface area contributed by atoms with E-state index in [4.69, 9.17) is 4.55 Å². The van der Waals surface area contributed by atoms with Crippen LogP contribution in [-0.4, -0.2) is 84.7 Å². The third kappa shape index (κ3) is 14.1. The minimum atomic E-state index is -3.99. The molecule has 0 saturated carbocycles. The first-order valence-corrected chi connectivity index (χ1v) is 14.3. The maximum atomic E-state index is 12.2. The molecule has 0 rings (SSSR count). The maximum absolute atomic E-state index is 12.2. The molecule has 12 heteroatoms. The highest BCUT2D eigenvalue weighted by molar-refractivity contribution is 8.00.